The highest BCUT2D eigenvalue weighted by molar-refractivity contribution is 5.86. The van der Waals surface area contributed by atoms with Crippen LogP contribution in [0.25, 0.3) is 10.9 Å². The van der Waals surface area contributed by atoms with E-state index in [0.717, 1.165) is 11.1 Å². The van der Waals surface area contributed by atoms with Crippen LogP contribution < -0.4 is 5.73 Å². The number of carboxylic acid groups (broad SMARTS) is 1. The monoisotopic (exact) mass is 246 g/mol. The Labute approximate surface area is 106 Å². The molecule has 3 N–H and O–H groups in total. The Hall–Kier alpha value is -1.81. The number of aliphatic carboxylic acids is 1. The van der Waals surface area contributed by atoms with E-state index in [1.807, 2.05) is 25.2 Å². The van der Waals surface area contributed by atoms with Crippen LogP contribution in [-0.2, 0) is 18.3 Å². The number of fused-ring (bicyclic) bond motifs is 1. The molecule has 0 aliphatic carbocycles. The van der Waals surface area contributed by atoms with Crippen molar-refractivity contribution >= 4 is 16.9 Å². The van der Waals surface area contributed by atoms with Crippen molar-refractivity contribution < 1.29 is 9.90 Å². The Balaban J connectivity index is 2.45. The minimum Gasteiger partial charge on any atom is -0.480 e. The topological polar surface area (TPSA) is 68.2 Å². The average Bonchev–Trinajstić information content (AvgIpc) is 2.54. The predicted molar refractivity (Wildman–Crippen MR) is 71.7 cm³/mol. The van der Waals surface area contributed by atoms with Gasteiger partial charge in [-0.1, -0.05) is 12.1 Å². The van der Waals surface area contributed by atoms with Gasteiger partial charge in [0.15, 0.2) is 0 Å². The zero-order valence-corrected chi connectivity index (χ0v) is 10.9. The summed E-state index contributed by atoms with van der Waals surface area (Å²) >= 11 is 0. The Bertz CT molecular complexity index is 614. The summed E-state index contributed by atoms with van der Waals surface area (Å²) in [7, 11) is 2.02. The van der Waals surface area contributed by atoms with E-state index in [4.69, 9.17) is 10.8 Å². The summed E-state index contributed by atoms with van der Waals surface area (Å²) < 4.78 is 2.13. The molecule has 1 atom stereocenters. The van der Waals surface area contributed by atoms with E-state index in [1.165, 1.54) is 16.6 Å². The highest BCUT2D eigenvalue weighted by atomic mass is 16.4. The molecule has 1 unspecified atom stereocenters. The molecule has 4 nitrogen and oxygen atoms in total. The first-order chi connectivity index (χ1) is 8.41. The number of carbonyl (C=O) groups is 1. The van der Waals surface area contributed by atoms with Gasteiger partial charge in [-0.3, -0.25) is 4.79 Å². The predicted octanol–water partition coefficient (Wildman–Crippen LogP) is 1.75. The number of benzene rings is 1. The summed E-state index contributed by atoms with van der Waals surface area (Å²) in [6.07, 6.45) is 0.356. The van der Waals surface area contributed by atoms with Crippen molar-refractivity contribution in [1.29, 1.82) is 0 Å². The molecule has 0 bridgehead atoms. The first kappa shape index (κ1) is 12.6. The fourth-order valence-electron chi connectivity index (χ4n) is 2.27. The van der Waals surface area contributed by atoms with Gasteiger partial charge in [0.1, 0.15) is 6.04 Å². The van der Waals surface area contributed by atoms with Gasteiger partial charge in [-0.15, -0.1) is 0 Å². The lowest BCUT2D eigenvalue weighted by Gasteiger charge is -2.07. The standard InChI is InChI=1S/C14H18N2O2/c1-8-9(2)16(3)13-7-10(4-5-11(8)13)6-12(15)14(17)18/h4-5,7,12H,6,15H2,1-3H3,(H,17,18). The molecule has 0 saturated carbocycles. The molecule has 0 radical (unpaired) electrons. The molecule has 0 aliphatic rings. The number of nitrogens with two attached hydrogens (primary N) is 1. The summed E-state index contributed by atoms with van der Waals surface area (Å²) in [6.45, 7) is 4.18. The molecule has 2 aromatic rings. The molecule has 0 saturated heterocycles. The van der Waals surface area contributed by atoms with E-state index in [1.54, 1.807) is 0 Å². The summed E-state index contributed by atoms with van der Waals surface area (Å²) in [5, 5.41) is 10.0. The molecule has 0 amide bonds. The molecule has 0 fully saturated rings. The van der Waals surface area contributed by atoms with Crippen LogP contribution in [0, 0.1) is 13.8 Å². The van der Waals surface area contributed by atoms with E-state index in [9.17, 15) is 4.79 Å². The normalized spacial score (nSPS) is 12.9. The molecule has 0 spiro atoms. The van der Waals surface area contributed by atoms with Crippen molar-refractivity contribution in [2.24, 2.45) is 12.8 Å². The first-order valence-electron chi connectivity index (χ1n) is 5.94. The van der Waals surface area contributed by atoms with Gasteiger partial charge < -0.3 is 15.4 Å². The fourth-order valence-corrected chi connectivity index (χ4v) is 2.27. The maximum absolute atomic E-state index is 10.8. The second-order valence-corrected chi connectivity index (χ2v) is 4.77. The van der Waals surface area contributed by atoms with Gasteiger partial charge in [0.05, 0.1) is 0 Å². The lowest BCUT2D eigenvalue weighted by Crippen LogP contribution is -2.32. The van der Waals surface area contributed by atoms with Crippen molar-refractivity contribution in [2.75, 3.05) is 0 Å². The molecular weight excluding hydrogens is 228 g/mol. The van der Waals surface area contributed by atoms with Gasteiger partial charge in [-0.25, -0.2) is 0 Å². The first-order valence-corrected chi connectivity index (χ1v) is 5.94. The quantitative estimate of drug-likeness (QED) is 0.867. The lowest BCUT2D eigenvalue weighted by molar-refractivity contribution is -0.138. The maximum Gasteiger partial charge on any atom is 0.320 e. The number of hydrogen-bond acceptors (Lipinski definition) is 2. The second kappa shape index (κ2) is 4.46. The lowest BCUT2D eigenvalue weighted by atomic mass is 10.0. The van der Waals surface area contributed by atoms with Crippen LogP contribution in [-0.4, -0.2) is 21.7 Å². The molecule has 18 heavy (non-hydrogen) atoms. The minimum atomic E-state index is -0.964. The van der Waals surface area contributed by atoms with Crippen molar-refractivity contribution in [3.63, 3.8) is 0 Å². The van der Waals surface area contributed by atoms with Gasteiger partial charge in [-0.05, 0) is 37.5 Å². The third kappa shape index (κ3) is 1.99. The smallest absolute Gasteiger partial charge is 0.320 e. The number of hydrogen-bond donors (Lipinski definition) is 2. The Kier molecular flexibility index (Phi) is 3.13. The van der Waals surface area contributed by atoms with Gasteiger partial charge in [0, 0.05) is 23.6 Å². The van der Waals surface area contributed by atoms with Crippen molar-refractivity contribution in [1.82, 2.24) is 4.57 Å². The van der Waals surface area contributed by atoms with Gasteiger partial charge in [0.25, 0.3) is 0 Å². The van der Waals surface area contributed by atoms with Crippen LogP contribution >= 0.6 is 0 Å². The maximum atomic E-state index is 10.8. The molecule has 1 aromatic carbocycles. The van der Waals surface area contributed by atoms with E-state index in [2.05, 4.69) is 18.4 Å². The highest BCUT2D eigenvalue weighted by Gasteiger charge is 2.14. The summed E-state index contributed by atoms with van der Waals surface area (Å²) in [4.78, 5) is 10.8. The van der Waals surface area contributed by atoms with E-state index < -0.39 is 12.0 Å². The molecule has 96 valence electrons. The third-order valence-corrected chi connectivity index (χ3v) is 3.65. The summed E-state index contributed by atoms with van der Waals surface area (Å²) in [5.41, 5.74) is 10.1. The molecule has 1 heterocycles. The van der Waals surface area contributed by atoms with Gasteiger partial charge in [-0.2, -0.15) is 0 Å². The van der Waals surface area contributed by atoms with E-state index >= 15 is 0 Å². The van der Waals surface area contributed by atoms with Gasteiger partial charge >= 0.3 is 5.97 Å². The van der Waals surface area contributed by atoms with Crippen molar-refractivity contribution in [3.05, 3.63) is 35.0 Å². The summed E-state index contributed by atoms with van der Waals surface area (Å²) in [5.74, 6) is -0.964. The average molecular weight is 246 g/mol. The molecular formula is C14H18N2O2. The van der Waals surface area contributed by atoms with Crippen LogP contribution in [0.4, 0.5) is 0 Å². The zero-order valence-electron chi connectivity index (χ0n) is 10.9. The van der Waals surface area contributed by atoms with Crippen LogP contribution in [0.15, 0.2) is 18.2 Å². The Morgan fingerprint density at radius 1 is 1.44 bits per heavy atom. The zero-order chi connectivity index (χ0) is 13.4. The molecule has 0 aliphatic heterocycles. The Morgan fingerprint density at radius 3 is 2.72 bits per heavy atom. The molecule has 4 heteroatoms. The number of aryl methyl sites for hydroxylation is 2. The van der Waals surface area contributed by atoms with E-state index in [0.29, 0.717) is 6.42 Å². The highest BCUT2D eigenvalue weighted by Crippen LogP contribution is 2.25. The number of aromatic nitrogens is 1. The Morgan fingerprint density at radius 2 is 2.11 bits per heavy atom. The number of rotatable bonds is 3. The van der Waals surface area contributed by atoms with Crippen molar-refractivity contribution in [2.45, 2.75) is 26.3 Å². The van der Waals surface area contributed by atoms with Crippen LogP contribution in [0.1, 0.15) is 16.8 Å². The minimum absolute atomic E-state index is 0.356. The second-order valence-electron chi connectivity index (χ2n) is 4.77. The largest absolute Gasteiger partial charge is 0.480 e. The van der Waals surface area contributed by atoms with E-state index in [-0.39, 0.29) is 0 Å². The van der Waals surface area contributed by atoms with Gasteiger partial charge in [0.2, 0.25) is 0 Å². The third-order valence-electron chi connectivity index (χ3n) is 3.65. The molecule has 2 rings (SSSR count). The SMILES string of the molecule is Cc1c(C)n(C)c2cc(CC(N)C(=O)O)ccc12. The van der Waals surface area contributed by atoms with Crippen LogP contribution in [0.5, 0.6) is 0 Å². The van der Waals surface area contributed by atoms with Crippen LogP contribution in [0.3, 0.4) is 0 Å². The van der Waals surface area contributed by atoms with Crippen LogP contribution in [0.2, 0.25) is 0 Å². The number of carboxylic acids is 1. The molecule has 1 aromatic heterocycles. The fraction of sp³-hybridized carbons (Fsp3) is 0.357. The number of nitrogens with zero attached hydrogens (tertiary/aromatic N) is 1. The van der Waals surface area contributed by atoms with Crippen molar-refractivity contribution in [3.8, 4) is 0 Å². The summed E-state index contributed by atoms with van der Waals surface area (Å²) in [6, 6.07) is 5.18.